The summed E-state index contributed by atoms with van der Waals surface area (Å²) in [5.74, 6) is 0.907. The van der Waals surface area contributed by atoms with Gasteiger partial charge in [0.05, 0.1) is 18.1 Å². The van der Waals surface area contributed by atoms with Crippen molar-refractivity contribution in [3.63, 3.8) is 0 Å². The highest BCUT2D eigenvalue weighted by Gasteiger charge is 2.47. The molecule has 4 nitrogen and oxygen atoms in total. The van der Waals surface area contributed by atoms with E-state index < -0.39 is 5.41 Å². The van der Waals surface area contributed by atoms with E-state index in [1.807, 2.05) is 38.1 Å². The van der Waals surface area contributed by atoms with Crippen LogP contribution in [-0.4, -0.2) is 43.1 Å². The molecule has 1 aliphatic carbocycles. The largest absolute Gasteiger partial charge is 0.497 e. The first-order valence-electron chi connectivity index (χ1n) is 8.65. The van der Waals surface area contributed by atoms with Gasteiger partial charge in [-0.3, -0.25) is 4.79 Å². The molecule has 1 saturated heterocycles. The summed E-state index contributed by atoms with van der Waals surface area (Å²) in [5.41, 5.74) is 0.443. The fourth-order valence-corrected chi connectivity index (χ4v) is 3.38. The smallest absolute Gasteiger partial charge is 0.230 e. The Morgan fingerprint density at radius 3 is 2.61 bits per heavy atom. The van der Waals surface area contributed by atoms with E-state index in [2.05, 4.69) is 10.2 Å². The lowest BCUT2D eigenvalue weighted by atomic mass is 9.83. The van der Waals surface area contributed by atoms with E-state index in [4.69, 9.17) is 4.74 Å². The van der Waals surface area contributed by atoms with Gasteiger partial charge < -0.3 is 15.0 Å². The number of carbonyl (C=O) groups is 1. The van der Waals surface area contributed by atoms with Crippen LogP contribution < -0.4 is 10.1 Å². The molecule has 1 saturated carbocycles. The molecule has 2 aliphatic rings. The molecule has 1 heterocycles. The molecule has 126 valence electrons. The van der Waals surface area contributed by atoms with Crippen molar-refractivity contribution < 1.29 is 9.53 Å². The maximum atomic E-state index is 12.9. The molecule has 1 amide bonds. The lowest BCUT2D eigenvalue weighted by Crippen LogP contribution is -2.50. The minimum atomic E-state index is -0.560. The Labute approximate surface area is 139 Å². The van der Waals surface area contributed by atoms with Crippen molar-refractivity contribution in [3.8, 4) is 5.75 Å². The minimum absolute atomic E-state index is 0.0115. The van der Waals surface area contributed by atoms with Crippen molar-refractivity contribution in [1.82, 2.24) is 10.2 Å². The molecule has 4 heteroatoms. The van der Waals surface area contributed by atoms with Crippen molar-refractivity contribution in [2.75, 3.05) is 26.7 Å². The third-order valence-electron chi connectivity index (χ3n) is 5.32. The Morgan fingerprint density at radius 1 is 1.30 bits per heavy atom. The zero-order chi connectivity index (χ0) is 16.5. The maximum Gasteiger partial charge on any atom is 0.230 e. The van der Waals surface area contributed by atoms with Gasteiger partial charge in [-0.15, -0.1) is 0 Å². The van der Waals surface area contributed by atoms with E-state index in [1.165, 1.54) is 25.9 Å². The number of amides is 1. The Hall–Kier alpha value is -1.55. The van der Waals surface area contributed by atoms with Crippen LogP contribution in [0.2, 0.25) is 0 Å². The van der Waals surface area contributed by atoms with Gasteiger partial charge in [0.15, 0.2) is 0 Å². The van der Waals surface area contributed by atoms with Crippen LogP contribution in [0.3, 0.4) is 0 Å². The van der Waals surface area contributed by atoms with Crippen LogP contribution in [0.1, 0.15) is 45.1 Å². The van der Waals surface area contributed by atoms with E-state index in [0.29, 0.717) is 0 Å². The zero-order valence-electron chi connectivity index (χ0n) is 14.5. The molecule has 3 rings (SSSR count). The first-order chi connectivity index (χ1) is 11.0. The van der Waals surface area contributed by atoms with Crippen LogP contribution in [0, 0.1) is 0 Å². The second-order valence-corrected chi connectivity index (χ2v) is 7.57. The van der Waals surface area contributed by atoms with E-state index >= 15 is 0 Å². The molecule has 1 aromatic rings. The molecule has 1 aromatic carbocycles. The number of nitrogens with zero attached hydrogens (tertiary/aromatic N) is 1. The number of likely N-dealkylation sites (tertiary alicyclic amines) is 1. The van der Waals surface area contributed by atoms with Crippen LogP contribution >= 0.6 is 0 Å². The Balaban J connectivity index is 1.68. The topological polar surface area (TPSA) is 41.6 Å². The Kier molecular flexibility index (Phi) is 4.37. The third kappa shape index (κ3) is 3.52. The van der Waals surface area contributed by atoms with Gasteiger partial charge in [0.2, 0.25) is 5.91 Å². The van der Waals surface area contributed by atoms with E-state index in [0.717, 1.165) is 30.7 Å². The SMILES string of the molecule is COc1cccc(C(C)(C)C(=O)NC2(CN3CCCC3)CC2)c1. The van der Waals surface area contributed by atoms with E-state index in [1.54, 1.807) is 7.11 Å². The molecule has 0 radical (unpaired) electrons. The molecule has 0 bridgehead atoms. The van der Waals surface area contributed by atoms with Crippen molar-refractivity contribution in [2.24, 2.45) is 0 Å². The number of methoxy groups -OCH3 is 1. The predicted molar refractivity (Wildman–Crippen MR) is 91.8 cm³/mol. The fourth-order valence-electron chi connectivity index (χ4n) is 3.38. The lowest BCUT2D eigenvalue weighted by Gasteiger charge is -2.30. The summed E-state index contributed by atoms with van der Waals surface area (Å²) in [6.45, 7) is 7.34. The summed E-state index contributed by atoms with van der Waals surface area (Å²) in [6, 6.07) is 7.81. The second kappa shape index (κ2) is 6.16. The standard InChI is InChI=1S/C19H28N2O2/c1-18(2,15-7-6-8-16(13-15)23-3)17(22)20-19(9-10-19)14-21-11-4-5-12-21/h6-8,13H,4-5,9-12,14H2,1-3H3,(H,20,22). The number of hydrogen-bond acceptors (Lipinski definition) is 3. The number of carbonyl (C=O) groups excluding carboxylic acids is 1. The average molecular weight is 316 g/mol. The first kappa shape index (κ1) is 16.3. The van der Waals surface area contributed by atoms with Crippen molar-refractivity contribution in [1.29, 1.82) is 0 Å². The van der Waals surface area contributed by atoms with Crippen LogP contribution in [0.5, 0.6) is 5.75 Å². The molecular formula is C19H28N2O2. The van der Waals surface area contributed by atoms with E-state index in [9.17, 15) is 4.79 Å². The Bertz CT molecular complexity index is 572. The summed E-state index contributed by atoms with van der Waals surface area (Å²) >= 11 is 0. The van der Waals surface area contributed by atoms with Gasteiger partial charge in [-0.05, 0) is 70.3 Å². The molecule has 2 fully saturated rings. The highest BCUT2D eigenvalue weighted by atomic mass is 16.5. The minimum Gasteiger partial charge on any atom is -0.497 e. The van der Waals surface area contributed by atoms with Crippen LogP contribution in [0.15, 0.2) is 24.3 Å². The van der Waals surface area contributed by atoms with Crippen molar-refractivity contribution in [3.05, 3.63) is 29.8 Å². The van der Waals surface area contributed by atoms with Crippen molar-refractivity contribution in [2.45, 2.75) is 50.5 Å². The second-order valence-electron chi connectivity index (χ2n) is 7.57. The molecule has 0 spiro atoms. The van der Waals surface area contributed by atoms with Gasteiger partial charge in [-0.25, -0.2) is 0 Å². The fraction of sp³-hybridized carbons (Fsp3) is 0.632. The number of nitrogens with one attached hydrogen (secondary N) is 1. The molecule has 23 heavy (non-hydrogen) atoms. The highest BCUT2D eigenvalue weighted by Crippen LogP contribution is 2.38. The molecule has 1 aliphatic heterocycles. The lowest BCUT2D eigenvalue weighted by molar-refractivity contribution is -0.126. The summed E-state index contributed by atoms with van der Waals surface area (Å²) in [7, 11) is 1.65. The number of rotatable bonds is 6. The molecule has 0 aromatic heterocycles. The van der Waals surface area contributed by atoms with Gasteiger partial charge in [-0.2, -0.15) is 0 Å². The Morgan fingerprint density at radius 2 is 2.00 bits per heavy atom. The average Bonchev–Trinajstić information content (AvgIpc) is 3.09. The van der Waals surface area contributed by atoms with Gasteiger partial charge in [-0.1, -0.05) is 12.1 Å². The summed E-state index contributed by atoms with van der Waals surface area (Å²) in [4.78, 5) is 15.4. The van der Waals surface area contributed by atoms with Crippen molar-refractivity contribution >= 4 is 5.91 Å². The number of ether oxygens (including phenoxy) is 1. The van der Waals surface area contributed by atoms with Gasteiger partial charge in [0.25, 0.3) is 0 Å². The molecule has 0 unspecified atom stereocenters. The van der Waals surface area contributed by atoms with Crippen LogP contribution in [0.25, 0.3) is 0 Å². The van der Waals surface area contributed by atoms with Crippen LogP contribution in [-0.2, 0) is 10.2 Å². The van der Waals surface area contributed by atoms with Gasteiger partial charge >= 0.3 is 0 Å². The molecule has 0 atom stereocenters. The number of hydrogen-bond donors (Lipinski definition) is 1. The normalized spacial score (nSPS) is 20.3. The summed E-state index contributed by atoms with van der Waals surface area (Å²) in [6.07, 6.45) is 4.78. The van der Waals surface area contributed by atoms with Gasteiger partial charge in [0.1, 0.15) is 5.75 Å². The monoisotopic (exact) mass is 316 g/mol. The quantitative estimate of drug-likeness (QED) is 0.877. The summed E-state index contributed by atoms with van der Waals surface area (Å²) in [5, 5.41) is 3.35. The maximum absolute atomic E-state index is 12.9. The predicted octanol–water partition coefficient (Wildman–Crippen LogP) is 2.72. The van der Waals surface area contributed by atoms with Crippen LogP contribution in [0.4, 0.5) is 0 Å². The first-order valence-corrected chi connectivity index (χ1v) is 8.65. The number of benzene rings is 1. The summed E-state index contributed by atoms with van der Waals surface area (Å²) < 4.78 is 5.29. The van der Waals surface area contributed by atoms with E-state index in [-0.39, 0.29) is 11.4 Å². The third-order valence-corrected chi connectivity index (χ3v) is 5.32. The van der Waals surface area contributed by atoms with Gasteiger partial charge in [0, 0.05) is 6.54 Å². The highest BCUT2D eigenvalue weighted by molar-refractivity contribution is 5.88. The molecular weight excluding hydrogens is 288 g/mol. The zero-order valence-corrected chi connectivity index (χ0v) is 14.5. The molecule has 1 N–H and O–H groups in total.